The van der Waals surface area contributed by atoms with Crippen LogP contribution in [0.5, 0.6) is 5.88 Å². The Morgan fingerprint density at radius 1 is 1.55 bits per heavy atom. The molecule has 0 aromatic carbocycles. The van der Waals surface area contributed by atoms with Crippen LogP contribution in [0, 0.1) is 10.1 Å². The molecule has 0 saturated heterocycles. The van der Waals surface area contributed by atoms with E-state index in [-0.39, 0.29) is 23.4 Å². The number of nitrogens with one attached hydrogen (secondary N) is 1. The number of ether oxygens (including phenoxy) is 1. The van der Waals surface area contributed by atoms with Crippen LogP contribution in [-0.4, -0.2) is 39.0 Å². The average molecular weight is 298 g/mol. The van der Waals surface area contributed by atoms with E-state index in [1.807, 2.05) is 11.8 Å². The van der Waals surface area contributed by atoms with Gasteiger partial charge in [-0.15, -0.1) is 0 Å². The van der Waals surface area contributed by atoms with Gasteiger partial charge in [-0.1, -0.05) is 13.3 Å². The molecule has 0 aliphatic heterocycles. The zero-order valence-electron chi connectivity index (χ0n) is 11.5. The molecule has 1 N–H and O–H groups in total. The number of hydrogen-bond donors (Lipinski definition) is 1. The molecule has 8 heteroatoms. The van der Waals surface area contributed by atoms with Gasteiger partial charge in [0.1, 0.15) is 6.33 Å². The molecule has 7 nitrogen and oxygen atoms in total. The molecule has 1 aliphatic rings. The summed E-state index contributed by atoms with van der Waals surface area (Å²) in [6, 6.07) is 0.207. The average Bonchev–Trinajstić information content (AvgIpc) is 2.86. The topological polar surface area (TPSA) is 90.2 Å². The van der Waals surface area contributed by atoms with Crippen molar-refractivity contribution in [1.29, 1.82) is 0 Å². The molecule has 1 heterocycles. The number of aromatic nitrogens is 2. The summed E-state index contributed by atoms with van der Waals surface area (Å²) in [5.41, 5.74) is -0.192. The highest BCUT2D eigenvalue weighted by molar-refractivity contribution is 7.99. The predicted octanol–water partition coefficient (Wildman–Crippen LogP) is 2.48. The van der Waals surface area contributed by atoms with Crippen molar-refractivity contribution in [3.05, 3.63) is 16.4 Å². The summed E-state index contributed by atoms with van der Waals surface area (Å²) in [4.78, 5) is 18.5. The van der Waals surface area contributed by atoms with Gasteiger partial charge in [0.05, 0.1) is 12.0 Å². The van der Waals surface area contributed by atoms with Crippen molar-refractivity contribution in [3.63, 3.8) is 0 Å². The van der Waals surface area contributed by atoms with Crippen molar-refractivity contribution in [2.24, 2.45) is 0 Å². The highest BCUT2D eigenvalue weighted by atomic mass is 32.2. The summed E-state index contributed by atoms with van der Waals surface area (Å²) in [6.45, 7) is 2.12. The van der Waals surface area contributed by atoms with Gasteiger partial charge in [0.15, 0.2) is 0 Å². The van der Waals surface area contributed by atoms with Gasteiger partial charge < -0.3 is 10.1 Å². The number of anilines is 1. The summed E-state index contributed by atoms with van der Waals surface area (Å²) >= 11 is 1.88. The number of methoxy groups -OCH3 is 1. The maximum absolute atomic E-state index is 11.2. The van der Waals surface area contributed by atoms with Crippen LogP contribution in [0.25, 0.3) is 0 Å². The van der Waals surface area contributed by atoms with Crippen molar-refractivity contribution in [2.75, 3.05) is 18.2 Å². The first-order valence-corrected chi connectivity index (χ1v) is 7.63. The van der Waals surface area contributed by atoms with Crippen LogP contribution in [0.2, 0.25) is 0 Å². The van der Waals surface area contributed by atoms with E-state index < -0.39 is 4.92 Å². The van der Waals surface area contributed by atoms with Gasteiger partial charge in [0, 0.05) is 11.3 Å². The molecular weight excluding hydrogens is 280 g/mol. The van der Waals surface area contributed by atoms with Crippen LogP contribution in [0.4, 0.5) is 11.5 Å². The third-order valence-corrected chi connectivity index (χ3v) is 4.65. The molecule has 20 heavy (non-hydrogen) atoms. The lowest BCUT2D eigenvalue weighted by atomic mass is 10.2. The van der Waals surface area contributed by atoms with E-state index in [0.717, 1.165) is 25.0 Å². The van der Waals surface area contributed by atoms with Gasteiger partial charge >= 0.3 is 5.69 Å². The van der Waals surface area contributed by atoms with Gasteiger partial charge in [-0.2, -0.15) is 16.7 Å². The number of hydrogen-bond acceptors (Lipinski definition) is 7. The molecule has 0 amide bonds. The first-order chi connectivity index (χ1) is 9.67. The summed E-state index contributed by atoms with van der Waals surface area (Å²) in [7, 11) is 1.37. The second kappa shape index (κ2) is 6.74. The molecule has 0 radical (unpaired) electrons. The lowest BCUT2D eigenvalue weighted by Gasteiger charge is -2.20. The lowest BCUT2D eigenvalue weighted by molar-refractivity contribution is -0.385. The van der Waals surface area contributed by atoms with Crippen molar-refractivity contribution in [2.45, 2.75) is 37.5 Å². The molecule has 2 unspecified atom stereocenters. The summed E-state index contributed by atoms with van der Waals surface area (Å²) in [5.74, 6) is 1.28. The first-order valence-electron chi connectivity index (χ1n) is 6.58. The first kappa shape index (κ1) is 14.8. The summed E-state index contributed by atoms with van der Waals surface area (Å²) in [6.07, 6.45) is 4.55. The maximum Gasteiger partial charge on any atom is 0.372 e. The van der Waals surface area contributed by atoms with E-state index >= 15 is 0 Å². The molecule has 1 aromatic rings. The minimum absolute atomic E-state index is 0.00908. The van der Waals surface area contributed by atoms with Crippen LogP contribution in [0.15, 0.2) is 6.33 Å². The monoisotopic (exact) mass is 298 g/mol. The van der Waals surface area contributed by atoms with Gasteiger partial charge in [0.25, 0.3) is 5.88 Å². The Morgan fingerprint density at radius 2 is 2.35 bits per heavy atom. The Morgan fingerprint density at radius 3 is 3.00 bits per heavy atom. The molecule has 1 aliphatic carbocycles. The number of nitro groups is 1. The Hall–Kier alpha value is -1.57. The van der Waals surface area contributed by atoms with Gasteiger partial charge in [-0.3, -0.25) is 10.1 Å². The van der Waals surface area contributed by atoms with Gasteiger partial charge in [-0.25, -0.2) is 4.98 Å². The third kappa shape index (κ3) is 3.12. The Bertz CT molecular complexity index is 486. The quantitative estimate of drug-likeness (QED) is 0.637. The van der Waals surface area contributed by atoms with Crippen LogP contribution in [0.3, 0.4) is 0 Å². The molecular formula is C12H18N4O3S. The maximum atomic E-state index is 11.2. The van der Waals surface area contributed by atoms with E-state index in [0.29, 0.717) is 5.25 Å². The summed E-state index contributed by atoms with van der Waals surface area (Å²) in [5, 5.41) is 14.9. The van der Waals surface area contributed by atoms with E-state index in [2.05, 4.69) is 22.2 Å². The predicted molar refractivity (Wildman–Crippen MR) is 78.4 cm³/mol. The Balaban J connectivity index is 2.22. The van der Waals surface area contributed by atoms with E-state index in [4.69, 9.17) is 4.74 Å². The standard InChI is InChI=1S/C12H18N4O3S/c1-3-20-9-6-4-5-8(9)15-11-10(16(17)18)12(19-2)14-7-13-11/h7-9H,3-6H2,1-2H3,(H,13,14,15). The van der Waals surface area contributed by atoms with E-state index in [9.17, 15) is 10.1 Å². The Kier molecular flexibility index (Phi) is 4.99. The van der Waals surface area contributed by atoms with Crippen molar-refractivity contribution in [1.82, 2.24) is 9.97 Å². The Labute approximate surface area is 121 Å². The van der Waals surface area contributed by atoms with Crippen LogP contribution in [0.1, 0.15) is 26.2 Å². The smallest absolute Gasteiger partial charge is 0.372 e. The number of thioether (sulfide) groups is 1. The molecule has 1 fully saturated rings. The van der Waals surface area contributed by atoms with E-state index in [1.54, 1.807) is 0 Å². The van der Waals surface area contributed by atoms with Crippen molar-refractivity contribution >= 4 is 23.3 Å². The zero-order valence-corrected chi connectivity index (χ0v) is 12.4. The molecule has 2 rings (SSSR count). The second-order valence-electron chi connectivity index (χ2n) is 4.51. The highest BCUT2D eigenvalue weighted by Gasteiger charge is 2.31. The molecule has 1 saturated carbocycles. The molecule has 0 spiro atoms. The molecule has 110 valence electrons. The van der Waals surface area contributed by atoms with Crippen molar-refractivity contribution in [3.8, 4) is 5.88 Å². The SMILES string of the molecule is CCSC1CCCC1Nc1ncnc(OC)c1[N+](=O)[O-]. The second-order valence-corrected chi connectivity index (χ2v) is 6.03. The van der Waals surface area contributed by atoms with Crippen LogP contribution in [-0.2, 0) is 0 Å². The van der Waals surface area contributed by atoms with E-state index in [1.165, 1.54) is 13.4 Å². The van der Waals surface area contributed by atoms with Gasteiger partial charge in [-0.05, 0) is 18.6 Å². The fraction of sp³-hybridized carbons (Fsp3) is 0.667. The fourth-order valence-corrected chi connectivity index (χ4v) is 3.66. The van der Waals surface area contributed by atoms with Gasteiger partial charge in [0.2, 0.25) is 5.82 Å². The summed E-state index contributed by atoms with van der Waals surface area (Å²) < 4.78 is 4.95. The normalized spacial score (nSPS) is 21.7. The highest BCUT2D eigenvalue weighted by Crippen LogP contribution is 2.36. The molecule has 0 bridgehead atoms. The third-order valence-electron chi connectivity index (χ3n) is 3.32. The molecule has 2 atom stereocenters. The van der Waals surface area contributed by atoms with Crippen molar-refractivity contribution < 1.29 is 9.66 Å². The number of rotatable bonds is 6. The fourth-order valence-electron chi connectivity index (χ4n) is 2.46. The zero-order chi connectivity index (χ0) is 14.5. The number of nitrogens with zero attached hydrogens (tertiary/aromatic N) is 3. The lowest BCUT2D eigenvalue weighted by Crippen LogP contribution is -2.27. The minimum Gasteiger partial charge on any atom is -0.476 e. The largest absolute Gasteiger partial charge is 0.476 e. The van der Waals surface area contributed by atoms with Crippen LogP contribution < -0.4 is 10.1 Å². The minimum atomic E-state index is -0.502. The van der Waals surface area contributed by atoms with Crippen LogP contribution >= 0.6 is 11.8 Å². The molecule has 1 aromatic heterocycles.